The molecule has 0 saturated heterocycles. The molecular weight excluding hydrogens is 255 g/mol. The summed E-state index contributed by atoms with van der Waals surface area (Å²) in [4.78, 5) is 0. The number of hydrogen-bond acceptors (Lipinski definition) is 3. The lowest BCUT2D eigenvalue weighted by molar-refractivity contribution is 0.254. The largest absolute Gasteiger partial charge is 0.490 e. The quantitative estimate of drug-likeness (QED) is 0.824. The van der Waals surface area contributed by atoms with Crippen LogP contribution in [0, 0.1) is 22.6 Å². The topological polar surface area (TPSA) is 45.0 Å². The molecule has 1 unspecified atom stereocenters. The van der Waals surface area contributed by atoms with Crippen molar-refractivity contribution in [2.75, 3.05) is 13.2 Å². The molecule has 1 aromatic rings. The summed E-state index contributed by atoms with van der Waals surface area (Å²) in [6, 6.07) is 7.32. The van der Waals surface area contributed by atoms with E-state index >= 15 is 0 Å². The molecule has 0 aliphatic rings. The van der Waals surface area contributed by atoms with Crippen molar-refractivity contribution in [3.8, 4) is 11.8 Å². The summed E-state index contributed by atoms with van der Waals surface area (Å²) in [5.74, 6) is -0.117. The monoisotopic (exact) mass is 278 g/mol. The number of nitrogens with zero attached hydrogens (tertiary/aromatic N) is 1. The highest BCUT2D eigenvalue weighted by atomic mass is 19.1. The van der Waals surface area contributed by atoms with E-state index in [0.29, 0.717) is 13.0 Å². The molecule has 0 aromatic heterocycles. The molecule has 0 fully saturated rings. The molecule has 3 nitrogen and oxygen atoms in total. The molecule has 20 heavy (non-hydrogen) atoms. The zero-order valence-electron chi connectivity index (χ0n) is 12.7. The molecule has 0 radical (unpaired) electrons. The van der Waals surface area contributed by atoms with Crippen LogP contribution in [0.25, 0.3) is 0 Å². The van der Waals surface area contributed by atoms with E-state index in [-0.39, 0.29) is 17.6 Å². The van der Waals surface area contributed by atoms with E-state index in [4.69, 9.17) is 10.00 Å². The first-order chi connectivity index (χ1) is 9.39. The lowest BCUT2D eigenvalue weighted by Gasteiger charge is -2.17. The normalized spacial score (nSPS) is 12.8. The van der Waals surface area contributed by atoms with Gasteiger partial charge in [-0.15, -0.1) is 0 Å². The fourth-order valence-electron chi connectivity index (χ4n) is 1.80. The third kappa shape index (κ3) is 4.82. The zero-order valence-corrected chi connectivity index (χ0v) is 12.7. The van der Waals surface area contributed by atoms with Gasteiger partial charge >= 0.3 is 0 Å². The van der Waals surface area contributed by atoms with Gasteiger partial charge in [-0.2, -0.15) is 5.26 Å². The van der Waals surface area contributed by atoms with Crippen molar-refractivity contribution in [3.05, 3.63) is 29.6 Å². The van der Waals surface area contributed by atoms with Gasteiger partial charge in [-0.1, -0.05) is 13.0 Å². The molecule has 4 heteroatoms. The Morgan fingerprint density at radius 2 is 2.15 bits per heavy atom. The lowest BCUT2D eigenvalue weighted by Crippen LogP contribution is -2.18. The molecule has 0 heterocycles. The van der Waals surface area contributed by atoms with Gasteiger partial charge in [0.2, 0.25) is 0 Å². The minimum Gasteiger partial charge on any atom is -0.490 e. The van der Waals surface area contributed by atoms with Crippen LogP contribution < -0.4 is 10.1 Å². The second-order valence-electron chi connectivity index (χ2n) is 5.56. The predicted octanol–water partition coefficient (Wildman–Crippen LogP) is 3.81. The van der Waals surface area contributed by atoms with Crippen molar-refractivity contribution in [2.45, 2.75) is 40.2 Å². The summed E-state index contributed by atoms with van der Waals surface area (Å²) in [5, 5.41) is 12.1. The van der Waals surface area contributed by atoms with Crippen LogP contribution in [0.15, 0.2) is 18.2 Å². The summed E-state index contributed by atoms with van der Waals surface area (Å²) >= 11 is 0. The Balaban J connectivity index is 2.63. The van der Waals surface area contributed by atoms with E-state index in [0.717, 1.165) is 12.1 Å². The Bertz CT molecular complexity index is 480. The fraction of sp³-hybridized carbons (Fsp3) is 0.562. The maximum atomic E-state index is 13.9. The third-order valence-corrected chi connectivity index (χ3v) is 3.25. The molecule has 0 bridgehead atoms. The number of ether oxygens (including phenoxy) is 1. The average molecular weight is 278 g/mol. The Morgan fingerprint density at radius 1 is 1.45 bits per heavy atom. The molecule has 1 aromatic carbocycles. The Kier molecular flexibility index (Phi) is 5.97. The Hall–Kier alpha value is -1.60. The number of nitrogens with one attached hydrogen (secondary N) is 1. The number of halogens is 1. The molecule has 1 atom stereocenters. The van der Waals surface area contributed by atoms with Crippen LogP contribution >= 0.6 is 0 Å². The van der Waals surface area contributed by atoms with E-state index in [1.165, 1.54) is 6.07 Å². The zero-order chi connectivity index (χ0) is 15.2. The predicted molar refractivity (Wildman–Crippen MR) is 78.0 cm³/mol. The molecule has 0 saturated carbocycles. The summed E-state index contributed by atoms with van der Waals surface area (Å²) in [6.45, 7) is 8.86. The minimum atomic E-state index is -0.448. The molecule has 1 N–H and O–H groups in total. The van der Waals surface area contributed by atoms with Gasteiger partial charge in [0.25, 0.3) is 0 Å². The number of rotatable bonds is 7. The van der Waals surface area contributed by atoms with Crippen molar-refractivity contribution in [3.63, 3.8) is 0 Å². The highest BCUT2D eigenvalue weighted by Crippen LogP contribution is 2.24. The highest BCUT2D eigenvalue weighted by Gasteiger charge is 2.17. The summed E-state index contributed by atoms with van der Waals surface area (Å²) in [6.07, 6.45) is 0.568. The highest BCUT2D eigenvalue weighted by molar-refractivity contribution is 5.30. The summed E-state index contributed by atoms with van der Waals surface area (Å²) in [5.41, 5.74) is 0.449. The second-order valence-corrected chi connectivity index (χ2v) is 5.56. The van der Waals surface area contributed by atoms with Crippen molar-refractivity contribution in [1.29, 1.82) is 5.26 Å². The standard InChI is InChI=1S/C16H23FN2O/c1-5-19-12(2)13-6-7-15(14(17)10-13)20-9-8-16(3,4)11-18/h6-7,10,12,19H,5,8-9H2,1-4H3. The van der Waals surface area contributed by atoms with E-state index in [2.05, 4.69) is 11.4 Å². The van der Waals surface area contributed by atoms with Crippen molar-refractivity contribution in [1.82, 2.24) is 5.32 Å². The first-order valence-electron chi connectivity index (χ1n) is 6.96. The smallest absolute Gasteiger partial charge is 0.165 e. The van der Waals surface area contributed by atoms with Crippen LogP contribution in [0.4, 0.5) is 4.39 Å². The first kappa shape index (κ1) is 16.5. The molecule has 110 valence electrons. The number of hydrogen-bond donors (Lipinski definition) is 1. The average Bonchev–Trinajstić information content (AvgIpc) is 2.40. The third-order valence-electron chi connectivity index (χ3n) is 3.25. The van der Waals surface area contributed by atoms with Crippen LogP contribution in [0.3, 0.4) is 0 Å². The van der Waals surface area contributed by atoms with Crippen LogP contribution in [0.2, 0.25) is 0 Å². The summed E-state index contributed by atoms with van der Waals surface area (Å²) in [7, 11) is 0. The second kappa shape index (κ2) is 7.25. The lowest BCUT2D eigenvalue weighted by atomic mass is 9.92. The van der Waals surface area contributed by atoms with E-state index < -0.39 is 5.41 Å². The fourth-order valence-corrected chi connectivity index (χ4v) is 1.80. The summed E-state index contributed by atoms with van der Waals surface area (Å²) < 4.78 is 19.4. The van der Waals surface area contributed by atoms with Gasteiger partial charge < -0.3 is 10.1 Å². The number of benzene rings is 1. The maximum Gasteiger partial charge on any atom is 0.165 e. The van der Waals surface area contributed by atoms with Crippen LogP contribution in [0.1, 0.15) is 45.7 Å². The Morgan fingerprint density at radius 3 is 2.70 bits per heavy atom. The molecule has 0 amide bonds. The van der Waals surface area contributed by atoms with E-state index in [1.807, 2.05) is 33.8 Å². The van der Waals surface area contributed by atoms with Crippen LogP contribution in [0.5, 0.6) is 5.75 Å². The van der Waals surface area contributed by atoms with Gasteiger partial charge in [-0.3, -0.25) is 0 Å². The van der Waals surface area contributed by atoms with E-state index in [9.17, 15) is 4.39 Å². The van der Waals surface area contributed by atoms with Crippen LogP contribution in [-0.2, 0) is 0 Å². The van der Waals surface area contributed by atoms with E-state index in [1.54, 1.807) is 6.07 Å². The van der Waals surface area contributed by atoms with Crippen molar-refractivity contribution >= 4 is 0 Å². The molecular formula is C16H23FN2O. The SMILES string of the molecule is CCNC(C)c1ccc(OCCC(C)(C)C#N)c(F)c1. The molecule has 1 rings (SSSR count). The van der Waals surface area contributed by atoms with Gasteiger partial charge in [0.15, 0.2) is 11.6 Å². The van der Waals surface area contributed by atoms with Gasteiger partial charge in [-0.25, -0.2) is 4.39 Å². The Labute approximate surface area is 120 Å². The van der Waals surface area contributed by atoms with Gasteiger partial charge in [0.05, 0.1) is 18.1 Å². The first-order valence-corrected chi connectivity index (χ1v) is 6.96. The van der Waals surface area contributed by atoms with Gasteiger partial charge in [0.1, 0.15) is 0 Å². The minimum absolute atomic E-state index is 0.112. The van der Waals surface area contributed by atoms with Crippen molar-refractivity contribution < 1.29 is 9.13 Å². The number of nitriles is 1. The van der Waals surface area contributed by atoms with Crippen LogP contribution in [-0.4, -0.2) is 13.2 Å². The van der Waals surface area contributed by atoms with Gasteiger partial charge in [-0.05, 0) is 51.4 Å². The van der Waals surface area contributed by atoms with Crippen molar-refractivity contribution in [2.24, 2.45) is 5.41 Å². The molecule has 0 aliphatic heterocycles. The molecule has 0 spiro atoms. The van der Waals surface area contributed by atoms with Gasteiger partial charge in [0, 0.05) is 6.04 Å². The molecule has 0 aliphatic carbocycles. The maximum absolute atomic E-state index is 13.9.